The summed E-state index contributed by atoms with van der Waals surface area (Å²) < 4.78 is 4.88. The highest BCUT2D eigenvalue weighted by Gasteiger charge is 2.52. The molecule has 1 heterocycles. The summed E-state index contributed by atoms with van der Waals surface area (Å²) >= 11 is 0. The molecule has 0 radical (unpaired) electrons. The third-order valence-electron chi connectivity index (χ3n) is 2.15. The summed E-state index contributed by atoms with van der Waals surface area (Å²) in [5.74, 6) is -2.00. The predicted octanol–water partition coefficient (Wildman–Crippen LogP) is -1.80. The molecule has 0 spiro atoms. The van der Waals surface area contributed by atoms with E-state index in [1.165, 1.54) is 0 Å². The number of ether oxygens (including phenoxy) is 1. The molecule has 0 aromatic rings. The molecular formula is C7H14O5. The average molecular weight is 178 g/mol. The number of rotatable bonds is 2. The number of aliphatic hydroxyl groups is 4. The fraction of sp³-hybridized carbons (Fsp3) is 1.00. The van der Waals surface area contributed by atoms with E-state index in [0.717, 1.165) is 0 Å². The van der Waals surface area contributed by atoms with Crippen LogP contribution in [0.4, 0.5) is 0 Å². The zero-order chi connectivity index (χ0) is 9.35. The Hall–Kier alpha value is -0.200. The Labute approximate surface area is 70.2 Å². The van der Waals surface area contributed by atoms with E-state index in [-0.39, 0.29) is 0 Å². The minimum absolute atomic E-state index is 0.473. The van der Waals surface area contributed by atoms with Crippen LogP contribution in [0.15, 0.2) is 0 Å². The van der Waals surface area contributed by atoms with Crippen LogP contribution in [0.5, 0.6) is 0 Å². The van der Waals surface area contributed by atoms with Crippen LogP contribution in [0.25, 0.3) is 0 Å². The van der Waals surface area contributed by atoms with Gasteiger partial charge in [-0.1, -0.05) is 6.92 Å². The van der Waals surface area contributed by atoms with E-state index in [4.69, 9.17) is 9.84 Å². The Morgan fingerprint density at radius 1 is 1.42 bits per heavy atom. The van der Waals surface area contributed by atoms with E-state index in [9.17, 15) is 15.3 Å². The summed E-state index contributed by atoms with van der Waals surface area (Å²) in [6, 6.07) is 0. The molecular weight excluding hydrogens is 164 g/mol. The maximum Gasteiger partial charge on any atom is 0.219 e. The maximum atomic E-state index is 9.36. The van der Waals surface area contributed by atoms with E-state index in [1.54, 1.807) is 6.92 Å². The Balaban J connectivity index is 2.72. The van der Waals surface area contributed by atoms with Crippen molar-refractivity contribution in [2.24, 2.45) is 0 Å². The van der Waals surface area contributed by atoms with Crippen molar-refractivity contribution in [3.63, 3.8) is 0 Å². The van der Waals surface area contributed by atoms with Gasteiger partial charge in [0.2, 0.25) is 5.79 Å². The molecule has 12 heavy (non-hydrogen) atoms. The second-order valence-electron chi connectivity index (χ2n) is 3.00. The van der Waals surface area contributed by atoms with E-state index in [2.05, 4.69) is 0 Å². The summed E-state index contributed by atoms with van der Waals surface area (Å²) in [5.41, 5.74) is 0. The molecule has 0 aliphatic carbocycles. The zero-order valence-electron chi connectivity index (χ0n) is 6.84. The Morgan fingerprint density at radius 2 is 2.00 bits per heavy atom. The van der Waals surface area contributed by atoms with Gasteiger partial charge in [0.1, 0.15) is 12.2 Å². The van der Waals surface area contributed by atoms with Crippen LogP contribution < -0.4 is 0 Å². The molecule has 4 atom stereocenters. The lowest BCUT2D eigenvalue weighted by molar-refractivity contribution is -0.245. The molecule has 1 aliphatic rings. The van der Waals surface area contributed by atoms with Crippen LogP contribution in [0.1, 0.15) is 13.3 Å². The van der Waals surface area contributed by atoms with Gasteiger partial charge in [-0.05, 0) is 6.42 Å². The molecule has 0 aromatic heterocycles. The topological polar surface area (TPSA) is 90.2 Å². The Bertz CT molecular complexity index is 162. The summed E-state index contributed by atoms with van der Waals surface area (Å²) in [4.78, 5) is 0. The van der Waals surface area contributed by atoms with E-state index in [0.29, 0.717) is 6.42 Å². The fourth-order valence-corrected chi connectivity index (χ4v) is 1.33. The second kappa shape index (κ2) is 3.27. The normalized spacial score (nSPS) is 48.2. The van der Waals surface area contributed by atoms with Gasteiger partial charge in [-0.15, -0.1) is 0 Å². The number of aliphatic hydroxyl groups excluding tert-OH is 3. The minimum Gasteiger partial charge on any atom is -0.391 e. The Morgan fingerprint density at radius 3 is 2.25 bits per heavy atom. The molecule has 5 nitrogen and oxygen atoms in total. The molecule has 0 bridgehead atoms. The van der Waals surface area contributed by atoms with Gasteiger partial charge in [-0.3, -0.25) is 0 Å². The van der Waals surface area contributed by atoms with Crippen molar-refractivity contribution in [3.8, 4) is 0 Å². The third-order valence-corrected chi connectivity index (χ3v) is 2.15. The minimum atomic E-state index is -2.00. The summed E-state index contributed by atoms with van der Waals surface area (Å²) in [7, 11) is 0. The van der Waals surface area contributed by atoms with E-state index in [1.807, 2.05) is 0 Å². The highest BCUT2D eigenvalue weighted by atomic mass is 16.7. The zero-order valence-corrected chi connectivity index (χ0v) is 6.84. The van der Waals surface area contributed by atoms with Crippen LogP contribution in [0.2, 0.25) is 0 Å². The predicted molar refractivity (Wildman–Crippen MR) is 39.2 cm³/mol. The van der Waals surface area contributed by atoms with Crippen LogP contribution >= 0.6 is 0 Å². The first-order valence-corrected chi connectivity index (χ1v) is 3.92. The van der Waals surface area contributed by atoms with E-state index < -0.39 is 30.7 Å². The molecule has 1 fully saturated rings. The van der Waals surface area contributed by atoms with Crippen molar-refractivity contribution in [1.82, 2.24) is 0 Å². The second-order valence-corrected chi connectivity index (χ2v) is 3.00. The molecule has 1 rings (SSSR count). The molecule has 0 unspecified atom stereocenters. The van der Waals surface area contributed by atoms with Crippen molar-refractivity contribution >= 4 is 0 Å². The summed E-state index contributed by atoms with van der Waals surface area (Å²) in [5, 5.41) is 36.6. The molecule has 72 valence electrons. The maximum absolute atomic E-state index is 9.36. The summed E-state index contributed by atoms with van der Waals surface area (Å²) in [6.07, 6.45) is -2.71. The SMILES string of the molecule is CC[C@H]1O[C@](O)(CO)[C@@H](O)[C@@H]1O. The van der Waals surface area contributed by atoms with Crippen molar-refractivity contribution in [3.05, 3.63) is 0 Å². The van der Waals surface area contributed by atoms with Gasteiger partial charge in [-0.2, -0.15) is 0 Å². The smallest absolute Gasteiger partial charge is 0.219 e. The standard InChI is InChI=1S/C7H14O5/c1-2-4-5(9)6(10)7(11,3-8)12-4/h4-6,8-11H,2-3H2,1H3/t4-,5-,6+,7-/m1/s1. The molecule has 0 amide bonds. The van der Waals surface area contributed by atoms with Gasteiger partial charge in [0.25, 0.3) is 0 Å². The van der Waals surface area contributed by atoms with Crippen LogP contribution in [0, 0.1) is 0 Å². The highest BCUT2D eigenvalue weighted by molar-refractivity contribution is 4.94. The van der Waals surface area contributed by atoms with Crippen molar-refractivity contribution in [2.75, 3.05) is 6.61 Å². The first-order valence-electron chi connectivity index (χ1n) is 3.92. The van der Waals surface area contributed by atoms with Gasteiger partial charge in [0.15, 0.2) is 0 Å². The number of hydrogen-bond acceptors (Lipinski definition) is 5. The lowest BCUT2D eigenvalue weighted by atomic mass is 10.0. The Kier molecular flexibility index (Phi) is 2.70. The molecule has 0 aromatic carbocycles. The van der Waals surface area contributed by atoms with Crippen molar-refractivity contribution in [2.45, 2.75) is 37.4 Å². The quantitative estimate of drug-likeness (QED) is 0.400. The van der Waals surface area contributed by atoms with Gasteiger partial charge in [0, 0.05) is 0 Å². The van der Waals surface area contributed by atoms with Crippen LogP contribution in [-0.4, -0.2) is 51.1 Å². The van der Waals surface area contributed by atoms with Gasteiger partial charge >= 0.3 is 0 Å². The molecule has 1 aliphatic heterocycles. The summed E-state index contributed by atoms with van der Waals surface area (Å²) in [6.45, 7) is 1.03. The van der Waals surface area contributed by atoms with Gasteiger partial charge in [-0.25, -0.2) is 0 Å². The van der Waals surface area contributed by atoms with Gasteiger partial charge in [0.05, 0.1) is 12.7 Å². The molecule has 1 saturated heterocycles. The monoisotopic (exact) mass is 178 g/mol. The van der Waals surface area contributed by atoms with Crippen molar-refractivity contribution in [1.29, 1.82) is 0 Å². The average Bonchev–Trinajstić information content (AvgIpc) is 2.31. The van der Waals surface area contributed by atoms with Crippen LogP contribution in [0.3, 0.4) is 0 Å². The lowest BCUT2D eigenvalue weighted by Gasteiger charge is -2.22. The van der Waals surface area contributed by atoms with Crippen LogP contribution in [-0.2, 0) is 4.74 Å². The molecule has 4 N–H and O–H groups in total. The van der Waals surface area contributed by atoms with Crippen molar-refractivity contribution < 1.29 is 25.2 Å². The fourth-order valence-electron chi connectivity index (χ4n) is 1.33. The van der Waals surface area contributed by atoms with E-state index >= 15 is 0 Å². The first kappa shape index (κ1) is 9.88. The van der Waals surface area contributed by atoms with Gasteiger partial charge < -0.3 is 25.2 Å². The molecule has 0 saturated carbocycles. The largest absolute Gasteiger partial charge is 0.391 e. The lowest BCUT2D eigenvalue weighted by Crippen LogP contribution is -2.46. The third kappa shape index (κ3) is 1.34. The first-order chi connectivity index (χ1) is 5.55. The number of hydrogen-bond donors (Lipinski definition) is 4. The molecule has 5 heteroatoms. The highest BCUT2D eigenvalue weighted by Crippen LogP contribution is 2.30.